The molecule has 2 N–H and O–H groups in total. The van der Waals surface area contributed by atoms with Crippen LogP contribution in [0.4, 0.5) is 0 Å². The first kappa shape index (κ1) is 41.7. The fraction of sp³-hybridized carbons (Fsp3) is 1.00. The number of rotatable bonds is 22. The van der Waals surface area contributed by atoms with Gasteiger partial charge in [0.05, 0.1) is 28.2 Å². The Hall–Kier alpha value is 0.610. The highest BCUT2D eigenvalue weighted by molar-refractivity contribution is 4.48. The minimum absolute atomic E-state index is 0. The molecule has 0 aromatic rings. The molecule has 0 rings (SSSR count). The van der Waals surface area contributed by atoms with E-state index < -0.39 is 0 Å². The lowest BCUT2D eigenvalue weighted by atomic mass is 10.1. The van der Waals surface area contributed by atoms with Gasteiger partial charge in [0.15, 0.2) is 0 Å². The Balaban J connectivity index is -0.000000250. The van der Waals surface area contributed by atoms with Crippen LogP contribution in [0.2, 0.25) is 0 Å². The molecule has 34 heavy (non-hydrogen) atoms. The van der Waals surface area contributed by atoms with Crippen LogP contribution in [0.1, 0.15) is 142 Å². The van der Waals surface area contributed by atoms with Crippen LogP contribution in [-0.2, 0) is 0 Å². The second kappa shape index (κ2) is 29.8. The number of hydrogen-bond acceptors (Lipinski definition) is 2. The van der Waals surface area contributed by atoms with Crippen LogP contribution in [0.15, 0.2) is 0 Å². The molecule has 0 amide bonds. The normalized spacial score (nSPS) is 11.3. The second-order valence-electron chi connectivity index (χ2n) is 11.1. The highest BCUT2D eigenvalue weighted by Crippen LogP contribution is 2.12. The van der Waals surface area contributed by atoms with Gasteiger partial charge < -0.3 is 29.4 Å². The molecule has 212 valence electrons. The van der Waals surface area contributed by atoms with Gasteiger partial charge in [0.25, 0.3) is 0 Å². The largest absolute Gasteiger partial charge is 1.00 e. The summed E-state index contributed by atoms with van der Waals surface area (Å²) in [5.41, 5.74) is 0. The summed E-state index contributed by atoms with van der Waals surface area (Å²) >= 11 is 0. The van der Waals surface area contributed by atoms with Crippen LogP contribution in [0.5, 0.6) is 0 Å². The second-order valence-corrected chi connectivity index (χ2v) is 11.1. The fourth-order valence-electron chi connectivity index (χ4n) is 3.97. The van der Waals surface area contributed by atoms with Crippen molar-refractivity contribution < 1.29 is 49.1 Å². The van der Waals surface area contributed by atoms with E-state index in [2.05, 4.69) is 13.8 Å². The summed E-state index contributed by atoms with van der Waals surface area (Å²) in [6.07, 6.45) is 27.1. The lowest BCUT2D eigenvalue weighted by molar-refractivity contribution is -1.07. The van der Waals surface area contributed by atoms with Crippen LogP contribution in [0, 0.1) is 0 Å². The summed E-state index contributed by atoms with van der Waals surface area (Å²) in [7, 11) is 7.36. The Labute approximate surface area is 232 Å². The van der Waals surface area contributed by atoms with Gasteiger partial charge in [0, 0.05) is 0 Å². The number of quaternary nitrogens is 2. The zero-order chi connectivity index (χ0) is 24.6. The Kier molecular flexibility index (Phi) is 36.6. The summed E-state index contributed by atoms with van der Waals surface area (Å²) < 4.78 is 0.244. The molecule has 0 saturated carbocycles. The van der Waals surface area contributed by atoms with Crippen LogP contribution in [0.25, 0.3) is 0 Å². The summed E-state index contributed by atoms with van der Waals surface area (Å²) in [5.74, 6) is 0. The van der Waals surface area contributed by atoms with Crippen molar-refractivity contribution in [1.29, 1.82) is 0 Å². The van der Waals surface area contributed by atoms with E-state index in [-0.39, 0.29) is 38.7 Å². The van der Waals surface area contributed by atoms with Gasteiger partial charge in [-0.1, -0.05) is 117 Å². The standard InChI is InChI=1S/2C14H32NO.BrH.ClH/c2*1-4-5-6-7-8-9-10-11-12-13-14-15(2,3)16;;/h2*16H,4-14H2,1-3H3;2*1H/q2*+1;;/p-2. The van der Waals surface area contributed by atoms with E-state index >= 15 is 0 Å². The number of nitrogens with zero attached hydrogens (tertiary/aromatic N) is 2. The van der Waals surface area contributed by atoms with E-state index in [1.807, 2.05) is 28.2 Å². The van der Waals surface area contributed by atoms with E-state index in [4.69, 9.17) is 0 Å². The molecule has 0 aliphatic carbocycles. The van der Waals surface area contributed by atoms with Gasteiger partial charge in [-0.15, -0.1) is 0 Å². The van der Waals surface area contributed by atoms with Crippen molar-refractivity contribution in [3.05, 3.63) is 0 Å². The summed E-state index contributed by atoms with van der Waals surface area (Å²) in [5, 5.41) is 19.0. The van der Waals surface area contributed by atoms with Gasteiger partial charge in [0.1, 0.15) is 13.1 Å². The molecule has 4 nitrogen and oxygen atoms in total. The van der Waals surface area contributed by atoms with Gasteiger partial charge in [-0.05, 0) is 25.7 Å². The Morgan fingerprint density at radius 2 is 0.559 bits per heavy atom. The third kappa shape index (κ3) is 46.0. The molecule has 0 aliphatic heterocycles. The molecule has 0 aliphatic rings. The highest BCUT2D eigenvalue weighted by atomic mass is 79.9. The Bertz CT molecular complexity index is 327. The molecule has 0 aromatic heterocycles. The zero-order valence-corrected chi connectivity index (χ0v) is 26.4. The average Bonchev–Trinajstić information content (AvgIpc) is 2.70. The van der Waals surface area contributed by atoms with Crippen molar-refractivity contribution in [2.45, 2.75) is 142 Å². The summed E-state index contributed by atoms with van der Waals surface area (Å²) in [4.78, 5) is 0. The predicted octanol–water partition coefficient (Wildman–Crippen LogP) is 2.75. The molecule has 0 fully saturated rings. The highest BCUT2D eigenvalue weighted by Gasteiger charge is 2.09. The maximum atomic E-state index is 9.48. The molecule has 0 bridgehead atoms. The van der Waals surface area contributed by atoms with Crippen molar-refractivity contribution in [2.75, 3.05) is 41.3 Å². The minimum atomic E-state index is 0. The fourth-order valence-corrected chi connectivity index (χ4v) is 3.97. The van der Waals surface area contributed by atoms with Crippen molar-refractivity contribution in [1.82, 2.24) is 0 Å². The van der Waals surface area contributed by atoms with Gasteiger partial charge in [0.2, 0.25) is 0 Å². The van der Waals surface area contributed by atoms with Gasteiger partial charge in [-0.3, -0.25) is 0 Å². The summed E-state index contributed by atoms with van der Waals surface area (Å²) in [6, 6.07) is 0. The number of unbranched alkanes of at least 4 members (excludes halogenated alkanes) is 18. The molecular weight excluding hydrogens is 512 g/mol. The van der Waals surface area contributed by atoms with E-state index in [1.54, 1.807) is 0 Å². The van der Waals surface area contributed by atoms with Gasteiger partial charge in [-0.25, -0.2) is 10.4 Å². The van der Waals surface area contributed by atoms with Crippen molar-refractivity contribution in [3.8, 4) is 0 Å². The van der Waals surface area contributed by atoms with Crippen LogP contribution < -0.4 is 29.4 Å². The predicted molar refractivity (Wildman–Crippen MR) is 141 cm³/mol. The molecule has 6 heteroatoms. The lowest BCUT2D eigenvalue weighted by Crippen LogP contribution is -3.00. The van der Waals surface area contributed by atoms with Crippen LogP contribution in [0.3, 0.4) is 0 Å². The van der Waals surface area contributed by atoms with E-state index in [9.17, 15) is 10.4 Å². The first-order valence-electron chi connectivity index (χ1n) is 14.2. The molecule has 0 radical (unpaired) electrons. The molecule has 0 heterocycles. The molecule has 0 aromatic carbocycles. The molecule has 0 spiro atoms. The first-order valence-corrected chi connectivity index (χ1v) is 14.2. The molecular formula is C28H64BrClN2O2. The van der Waals surface area contributed by atoms with Crippen molar-refractivity contribution in [3.63, 3.8) is 0 Å². The number of hydroxylamine groups is 6. The van der Waals surface area contributed by atoms with E-state index in [1.165, 1.54) is 116 Å². The monoisotopic (exact) mass is 574 g/mol. The topological polar surface area (TPSA) is 40.5 Å². The van der Waals surface area contributed by atoms with Crippen LogP contribution >= 0.6 is 0 Å². The first-order chi connectivity index (χ1) is 15.1. The third-order valence-corrected chi connectivity index (χ3v) is 6.12. The van der Waals surface area contributed by atoms with Crippen molar-refractivity contribution >= 4 is 0 Å². The minimum Gasteiger partial charge on any atom is -1.00 e. The van der Waals surface area contributed by atoms with Crippen LogP contribution in [-0.4, -0.2) is 61.0 Å². The SMILES string of the molecule is CCCCCCCCCCCC[N+](C)(C)O.CCCCCCCCCCCC[N+](C)(C)O.[Br-].[Cl-]. The van der Waals surface area contributed by atoms with Gasteiger partial charge >= 0.3 is 0 Å². The maximum Gasteiger partial charge on any atom is 0.108 e. The Morgan fingerprint density at radius 1 is 0.382 bits per heavy atom. The molecule has 0 unspecified atom stereocenters. The van der Waals surface area contributed by atoms with E-state index in [0.29, 0.717) is 0 Å². The number of hydrogen-bond donors (Lipinski definition) is 2. The molecule has 0 atom stereocenters. The average molecular weight is 576 g/mol. The van der Waals surface area contributed by atoms with Crippen molar-refractivity contribution in [2.24, 2.45) is 0 Å². The quantitative estimate of drug-likeness (QED) is 0.118. The maximum absolute atomic E-state index is 9.48. The Morgan fingerprint density at radius 3 is 0.735 bits per heavy atom. The zero-order valence-electron chi connectivity index (χ0n) is 24.1. The smallest absolute Gasteiger partial charge is 0.108 e. The van der Waals surface area contributed by atoms with E-state index in [0.717, 1.165) is 25.9 Å². The van der Waals surface area contributed by atoms with Gasteiger partial charge in [-0.2, -0.15) is 9.29 Å². The summed E-state index contributed by atoms with van der Waals surface area (Å²) in [6.45, 7) is 6.30. The lowest BCUT2D eigenvalue weighted by Gasteiger charge is -2.18. The number of halogens is 2. The molecule has 0 saturated heterocycles. The third-order valence-electron chi connectivity index (χ3n) is 6.12.